The molecule has 94 valence electrons. The standard InChI is InChI=1S/C15H23NO/c1-11(2)13-5-6-15(17)14(9-13)8-12-4-3-7-16-10-12/h3-4,7,10-11,13-15,17H,5-6,8-9H2,1-2H3. The molecule has 1 heterocycles. The third-order valence-electron chi connectivity index (χ3n) is 4.15. The second-order valence-electron chi connectivity index (χ2n) is 5.71. The average molecular weight is 233 g/mol. The van der Waals surface area contributed by atoms with Gasteiger partial charge in [-0.25, -0.2) is 0 Å². The Morgan fingerprint density at radius 1 is 1.41 bits per heavy atom. The van der Waals surface area contributed by atoms with E-state index >= 15 is 0 Å². The van der Waals surface area contributed by atoms with Crippen molar-refractivity contribution in [1.29, 1.82) is 0 Å². The molecule has 2 nitrogen and oxygen atoms in total. The molecule has 17 heavy (non-hydrogen) atoms. The third-order valence-corrected chi connectivity index (χ3v) is 4.15. The Morgan fingerprint density at radius 3 is 2.88 bits per heavy atom. The van der Waals surface area contributed by atoms with Gasteiger partial charge in [-0.15, -0.1) is 0 Å². The Bertz CT molecular complexity index is 336. The van der Waals surface area contributed by atoms with Crippen LogP contribution in [0.25, 0.3) is 0 Å². The van der Waals surface area contributed by atoms with Gasteiger partial charge in [0, 0.05) is 12.4 Å². The number of aromatic nitrogens is 1. The molecule has 1 N–H and O–H groups in total. The highest BCUT2D eigenvalue weighted by molar-refractivity contribution is 5.10. The topological polar surface area (TPSA) is 33.1 Å². The minimum atomic E-state index is -0.120. The molecule has 2 rings (SSSR count). The van der Waals surface area contributed by atoms with E-state index in [0.717, 1.165) is 31.1 Å². The van der Waals surface area contributed by atoms with E-state index in [-0.39, 0.29) is 6.10 Å². The van der Waals surface area contributed by atoms with E-state index in [1.54, 1.807) is 6.20 Å². The van der Waals surface area contributed by atoms with Crippen LogP contribution < -0.4 is 0 Å². The molecule has 1 aromatic heterocycles. The normalized spacial score (nSPS) is 29.5. The van der Waals surface area contributed by atoms with Crippen LogP contribution in [0.4, 0.5) is 0 Å². The van der Waals surface area contributed by atoms with Crippen molar-refractivity contribution in [3.63, 3.8) is 0 Å². The summed E-state index contributed by atoms with van der Waals surface area (Å²) in [4.78, 5) is 4.15. The molecule has 1 fully saturated rings. The highest BCUT2D eigenvalue weighted by atomic mass is 16.3. The summed E-state index contributed by atoms with van der Waals surface area (Å²) in [7, 11) is 0. The first-order valence-electron chi connectivity index (χ1n) is 6.73. The lowest BCUT2D eigenvalue weighted by molar-refractivity contribution is 0.0378. The van der Waals surface area contributed by atoms with Crippen LogP contribution in [0.3, 0.4) is 0 Å². The molecule has 2 heteroatoms. The van der Waals surface area contributed by atoms with Gasteiger partial charge >= 0.3 is 0 Å². The molecule has 0 amide bonds. The number of aliphatic hydroxyl groups is 1. The largest absolute Gasteiger partial charge is 0.393 e. The van der Waals surface area contributed by atoms with Crippen LogP contribution in [-0.2, 0) is 6.42 Å². The van der Waals surface area contributed by atoms with Crippen LogP contribution in [0.5, 0.6) is 0 Å². The summed E-state index contributed by atoms with van der Waals surface area (Å²) in [6.07, 6.45) is 7.89. The summed E-state index contributed by atoms with van der Waals surface area (Å²) in [5.41, 5.74) is 1.25. The van der Waals surface area contributed by atoms with Gasteiger partial charge in [-0.1, -0.05) is 19.9 Å². The predicted molar refractivity (Wildman–Crippen MR) is 69.6 cm³/mol. The van der Waals surface area contributed by atoms with Gasteiger partial charge in [0.2, 0.25) is 0 Å². The summed E-state index contributed by atoms with van der Waals surface area (Å²) in [5.74, 6) is 1.93. The number of aliphatic hydroxyl groups excluding tert-OH is 1. The Morgan fingerprint density at radius 2 is 2.24 bits per heavy atom. The first-order chi connectivity index (χ1) is 8.16. The molecule has 0 saturated heterocycles. The van der Waals surface area contributed by atoms with E-state index in [0.29, 0.717) is 5.92 Å². The van der Waals surface area contributed by atoms with Crippen molar-refractivity contribution in [3.05, 3.63) is 30.1 Å². The van der Waals surface area contributed by atoms with Crippen molar-refractivity contribution in [2.45, 2.75) is 45.6 Å². The maximum Gasteiger partial charge on any atom is 0.0571 e. The molecule has 0 radical (unpaired) electrons. The van der Waals surface area contributed by atoms with Crippen molar-refractivity contribution in [2.75, 3.05) is 0 Å². The fourth-order valence-corrected chi connectivity index (χ4v) is 2.93. The van der Waals surface area contributed by atoms with Gasteiger partial charge in [0.25, 0.3) is 0 Å². The predicted octanol–water partition coefficient (Wildman–Crippen LogP) is 3.06. The van der Waals surface area contributed by atoms with Gasteiger partial charge in [-0.3, -0.25) is 4.98 Å². The minimum Gasteiger partial charge on any atom is -0.393 e. The zero-order valence-electron chi connectivity index (χ0n) is 10.8. The maximum atomic E-state index is 10.1. The molecule has 3 atom stereocenters. The lowest BCUT2D eigenvalue weighted by atomic mass is 9.73. The van der Waals surface area contributed by atoms with E-state index in [1.807, 2.05) is 12.3 Å². The monoisotopic (exact) mass is 233 g/mol. The summed E-state index contributed by atoms with van der Waals surface area (Å²) in [6, 6.07) is 4.09. The van der Waals surface area contributed by atoms with Crippen molar-refractivity contribution < 1.29 is 5.11 Å². The van der Waals surface area contributed by atoms with E-state index in [4.69, 9.17) is 0 Å². The molecular formula is C15H23NO. The van der Waals surface area contributed by atoms with Crippen molar-refractivity contribution in [3.8, 4) is 0 Å². The fourth-order valence-electron chi connectivity index (χ4n) is 2.93. The zero-order chi connectivity index (χ0) is 12.3. The van der Waals surface area contributed by atoms with Crippen molar-refractivity contribution in [2.24, 2.45) is 17.8 Å². The molecule has 0 aliphatic heterocycles. The Hall–Kier alpha value is -0.890. The van der Waals surface area contributed by atoms with Crippen LogP contribution >= 0.6 is 0 Å². The van der Waals surface area contributed by atoms with Gasteiger partial charge in [0.1, 0.15) is 0 Å². The van der Waals surface area contributed by atoms with Gasteiger partial charge in [0.05, 0.1) is 6.10 Å². The van der Waals surface area contributed by atoms with E-state index in [1.165, 1.54) is 12.0 Å². The number of pyridine rings is 1. The summed E-state index contributed by atoms with van der Waals surface area (Å²) in [5, 5.41) is 10.1. The smallest absolute Gasteiger partial charge is 0.0571 e. The summed E-state index contributed by atoms with van der Waals surface area (Å²) < 4.78 is 0. The van der Waals surface area contributed by atoms with Crippen LogP contribution in [0, 0.1) is 17.8 Å². The Labute approximate surface area is 104 Å². The lowest BCUT2D eigenvalue weighted by Crippen LogP contribution is -2.32. The van der Waals surface area contributed by atoms with Crippen LogP contribution in [-0.4, -0.2) is 16.2 Å². The molecular weight excluding hydrogens is 210 g/mol. The fraction of sp³-hybridized carbons (Fsp3) is 0.667. The number of hydrogen-bond donors (Lipinski definition) is 1. The maximum absolute atomic E-state index is 10.1. The first-order valence-corrected chi connectivity index (χ1v) is 6.73. The number of hydrogen-bond acceptors (Lipinski definition) is 2. The zero-order valence-corrected chi connectivity index (χ0v) is 10.8. The molecule has 1 aliphatic carbocycles. The minimum absolute atomic E-state index is 0.120. The molecule has 1 aromatic rings. The van der Waals surface area contributed by atoms with Crippen LogP contribution in [0.15, 0.2) is 24.5 Å². The quantitative estimate of drug-likeness (QED) is 0.870. The van der Waals surface area contributed by atoms with E-state index in [9.17, 15) is 5.11 Å². The summed E-state index contributed by atoms with van der Waals surface area (Å²) in [6.45, 7) is 4.59. The third kappa shape index (κ3) is 3.29. The highest BCUT2D eigenvalue weighted by Crippen LogP contribution is 2.35. The van der Waals surface area contributed by atoms with Crippen molar-refractivity contribution >= 4 is 0 Å². The SMILES string of the molecule is CC(C)C1CCC(O)C(Cc2cccnc2)C1. The van der Waals surface area contributed by atoms with Gasteiger partial charge in [-0.2, -0.15) is 0 Å². The molecule has 0 aromatic carbocycles. The van der Waals surface area contributed by atoms with Gasteiger partial charge in [-0.05, 0) is 55.1 Å². The molecule has 0 bridgehead atoms. The average Bonchev–Trinajstić information content (AvgIpc) is 2.33. The number of rotatable bonds is 3. The molecule has 3 unspecified atom stereocenters. The Kier molecular flexibility index (Phi) is 4.16. The molecule has 1 aliphatic rings. The second-order valence-corrected chi connectivity index (χ2v) is 5.71. The Balaban J connectivity index is 1.99. The van der Waals surface area contributed by atoms with Crippen molar-refractivity contribution in [1.82, 2.24) is 4.98 Å². The molecule has 1 saturated carbocycles. The van der Waals surface area contributed by atoms with Crippen LogP contribution in [0.1, 0.15) is 38.7 Å². The highest BCUT2D eigenvalue weighted by Gasteiger charge is 2.30. The summed E-state index contributed by atoms with van der Waals surface area (Å²) >= 11 is 0. The number of nitrogens with zero attached hydrogens (tertiary/aromatic N) is 1. The lowest BCUT2D eigenvalue weighted by Gasteiger charge is -2.35. The van der Waals surface area contributed by atoms with Gasteiger partial charge in [0.15, 0.2) is 0 Å². The van der Waals surface area contributed by atoms with E-state index < -0.39 is 0 Å². The molecule has 0 spiro atoms. The van der Waals surface area contributed by atoms with Gasteiger partial charge < -0.3 is 5.11 Å². The van der Waals surface area contributed by atoms with E-state index in [2.05, 4.69) is 24.9 Å². The second kappa shape index (κ2) is 5.63. The first kappa shape index (κ1) is 12.6. The van der Waals surface area contributed by atoms with Crippen LogP contribution in [0.2, 0.25) is 0 Å².